The summed E-state index contributed by atoms with van der Waals surface area (Å²) < 4.78 is 0. The molecule has 0 saturated heterocycles. The summed E-state index contributed by atoms with van der Waals surface area (Å²) in [6, 6.07) is 0.441. The lowest BCUT2D eigenvalue weighted by atomic mass is 10.1. The van der Waals surface area contributed by atoms with E-state index in [0.29, 0.717) is 12.6 Å². The van der Waals surface area contributed by atoms with Crippen molar-refractivity contribution in [2.24, 2.45) is 5.92 Å². The van der Waals surface area contributed by atoms with Crippen molar-refractivity contribution in [1.29, 1.82) is 0 Å². The van der Waals surface area contributed by atoms with Crippen molar-refractivity contribution in [3.8, 4) is 0 Å². The summed E-state index contributed by atoms with van der Waals surface area (Å²) in [5.74, 6) is 0.0306. The number of hydrogen-bond acceptors (Lipinski definition) is 2. The molecule has 90 valence electrons. The average molecular weight is 215 g/mol. The fraction of sp³-hybridized carbons (Fsp3) is 0.917. The smallest absolute Gasteiger partial charge is 0.304 e. The molecule has 0 radical (unpaired) electrons. The molecular formula is C12H25NO2. The minimum Gasteiger partial charge on any atom is -0.481 e. The van der Waals surface area contributed by atoms with Gasteiger partial charge in [-0.05, 0) is 39.2 Å². The van der Waals surface area contributed by atoms with Crippen molar-refractivity contribution in [2.45, 2.75) is 53.0 Å². The molecule has 0 unspecified atom stereocenters. The summed E-state index contributed by atoms with van der Waals surface area (Å²) in [7, 11) is 0. The number of carbonyl (C=O) groups is 1. The molecule has 0 aromatic carbocycles. The van der Waals surface area contributed by atoms with Gasteiger partial charge >= 0.3 is 5.97 Å². The molecule has 0 fully saturated rings. The minimum absolute atomic E-state index is 0.250. The highest BCUT2D eigenvalue weighted by atomic mass is 16.4. The maximum Gasteiger partial charge on any atom is 0.304 e. The van der Waals surface area contributed by atoms with Crippen LogP contribution < -0.4 is 0 Å². The molecule has 0 aromatic rings. The predicted octanol–water partition coefficient (Wildman–Crippen LogP) is 2.61. The largest absolute Gasteiger partial charge is 0.481 e. The molecule has 0 rings (SSSR count). The highest BCUT2D eigenvalue weighted by molar-refractivity contribution is 5.66. The van der Waals surface area contributed by atoms with Crippen molar-refractivity contribution in [3.63, 3.8) is 0 Å². The lowest BCUT2D eigenvalue weighted by molar-refractivity contribution is -0.137. The van der Waals surface area contributed by atoms with Gasteiger partial charge in [0, 0.05) is 12.6 Å². The second-order valence-corrected chi connectivity index (χ2v) is 4.81. The predicted molar refractivity (Wildman–Crippen MR) is 63.0 cm³/mol. The minimum atomic E-state index is -0.704. The van der Waals surface area contributed by atoms with Gasteiger partial charge in [0.1, 0.15) is 0 Å². The third-order valence-corrected chi connectivity index (χ3v) is 2.57. The Kier molecular flexibility index (Phi) is 7.39. The third kappa shape index (κ3) is 8.43. The van der Waals surface area contributed by atoms with Crippen LogP contribution in [0.2, 0.25) is 0 Å². The van der Waals surface area contributed by atoms with Gasteiger partial charge in [-0.2, -0.15) is 0 Å². The number of hydrogen-bond donors (Lipinski definition) is 1. The first-order chi connectivity index (χ1) is 6.93. The quantitative estimate of drug-likeness (QED) is 0.676. The SMILES string of the molecule is CC(C)CCCN(CCC(=O)O)C(C)C. The lowest BCUT2D eigenvalue weighted by Gasteiger charge is -2.26. The Morgan fingerprint density at radius 1 is 1.20 bits per heavy atom. The van der Waals surface area contributed by atoms with E-state index >= 15 is 0 Å². The first-order valence-electron chi connectivity index (χ1n) is 5.89. The molecule has 3 nitrogen and oxygen atoms in total. The van der Waals surface area contributed by atoms with Crippen LogP contribution >= 0.6 is 0 Å². The Hall–Kier alpha value is -0.570. The van der Waals surface area contributed by atoms with Gasteiger partial charge in [0.05, 0.1) is 6.42 Å². The molecule has 0 aliphatic heterocycles. The highest BCUT2D eigenvalue weighted by Gasteiger charge is 2.10. The number of carboxylic acid groups (broad SMARTS) is 1. The van der Waals surface area contributed by atoms with Crippen molar-refractivity contribution in [3.05, 3.63) is 0 Å². The van der Waals surface area contributed by atoms with Crippen molar-refractivity contribution in [2.75, 3.05) is 13.1 Å². The van der Waals surface area contributed by atoms with Crippen LogP contribution in [0.3, 0.4) is 0 Å². The van der Waals surface area contributed by atoms with E-state index in [9.17, 15) is 4.79 Å². The molecule has 15 heavy (non-hydrogen) atoms. The lowest BCUT2D eigenvalue weighted by Crippen LogP contribution is -2.33. The van der Waals surface area contributed by atoms with E-state index in [1.54, 1.807) is 0 Å². The summed E-state index contributed by atoms with van der Waals surface area (Å²) in [5, 5.41) is 8.63. The number of nitrogens with zero attached hydrogens (tertiary/aromatic N) is 1. The molecule has 0 saturated carbocycles. The fourth-order valence-electron chi connectivity index (χ4n) is 1.57. The molecule has 0 heterocycles. The van der Waals surface area contributed by atoms with Crippen LogP contribution in [-0.4, -0.2) is 35.1 Å². The Morgan fingerprint density at radius 3 is 2.20 bits per heavy atom. The maximum atomic E-state index is 10.5. The van der Waals surface area contributed by atoms with Crippen molar-refractivity contribution < 1.29 is 9.90 Å². The molecule has 0 amide bonds. The Balaban J connectivity index is 3.78. The summed E-state index contributed by atoms with van der Waals surface area (Å²) in [6.07, 6.45) is 2.63. The monoisotopic (exact) mass is 215 g/mol. The van der Waals surface area contributed by atoms with Gasteiger partial charge in [-0.3, -0.25) is 4.79 Å². The summed E-state index contributed by atoms with van der Waals surface area (Å²) in [4.78, 5) is 12.7. The zero-order chi connectivity index (χ0) is 11.8. The highest BCUT2D eigenvalue weighted by Crippen LogP contribution is 2.07. The standard InChI is InChI=1S/C12H25NO2/c1-10(2)6-5-8-13(11(3)4)9-7-12(14)15/h10-11H,5-9H2,1-4H3,(H,14,15). The number of aliphatic carboxylic acids is 1. The topological polar surface area (TPSA) is 40.5 Å². The average Bonchev–Trinajstić information content (AvgIpc) is 2.09. The Morgan fingerprint density at radius 2 is 1.80 bits per heavy atom. The molecule has 0 spiro atoms. The van der Waals surface area contributed by atoms with Crippen molar-refractivity contribution in [1.82, 2.24) is 4.90 Å². The first-order valence-corrected chi connectivity index (χ1v) is 5.89. The first kappa shape index (κ1) is 14.4. The van der Waals surface area contributed by atoms with Gasteiger partial charge in [-0.25, -0.2) is 0 Å². The summed E-state index contributed by atoms with van der Waals surface area (Å²) in [6.45, 7) is 10.4. The van der Waals surface area contributed by atoms with E-state index < -0.39 is 5.97 Å². The molecular weight excluding hydrogens is 190 g/mol. The van der Waals surface area contributed by atoms with E-state index in [-0.39, 0.29) is 6.42 Å². The van der Waals surface area contributed by atoms with Crippen LogP contribution in [0.4, 0.5) is 0 Å². The van der Waals surface area contributed by atoms with Crippen LogP contribution in [0, 0.1) is 5.92 Å². The van der Waals surface area contributed by atoms with Crippen LogP contribution in [0.1, 0.15) is 47.0 Å². The van der Waals surface area contributed by atoms with E-state index in [1.165, 1.54) is 6.42 Å². The second-order valence-electron chi connectivity index (χ2n) is 4.81. The van der Waals surface area contributed by atoms with Gasteiger partial charge in [0.15, 0.2) is 0 Å². The summed E-state index contributed by atoms with van der Waals surface area (Å²) >= 11 is 0. The van der Waals surface area contributed by atoms with Crippen molar-refractivity contribution >= 4 is 5.97 Å². The molecule has 0 aliphatic carbocycles. The molecule has 0 atom stereocenters. The number of rotatable bonds is 8. The van der Waals surface area contributed by atoms with E-state index in [0.717, 1.165) is 18.9 Å². The van der Waals surface area contributed by atoms with E-state index in [2.05, 4.69) is 32.6 Å². The van der Waals surface area contributed by atoms with E-state index in [1.807, 2.05) is 0 Å². The Bertz CT molecular complexity index is 178. The van der Waals surface area contributed by atoms with Gasteiger partial charge in [0.25, 0.3) is 0 Å². The second kappa shape index (κ2) is 7.69. The van der Waals surface area contributed by atoms with Gasteiger partial charge in [0.2, 0.25) is 0 Å². The third-order valence-electron chi connectivity index (χ3n) is 2.57. The summed E-state index contributed by atoms with van der Waals surface area (Å²) in [5.41, 5.74) is 0. The Labute approximate surface area is 93.5 Å². The van der Waals surface area contributed by atoms with Crippen LogP contribution in [-0.2, 0) is 4.79 Å². The van der Waals surface area contributed by atoms with Crippen LogP contribution in [0.25, 0.3) is 0 Å². The van der Waals surface area contributed by atoms with Gasteiger partial charge < -0.3 is 10.0 Å². The fourth-order valence-corrected chi connectivity index (χ4v) is 1.57. The van der Waals surface area contributed by atoms with Crippen LogP contribution in [0.5, 0.6) is 0 Å². The normalized spacial score (nSPS) is 11.7. The molecule has 0 aliphatic rings. The van der Waals surface area contributed by atoms with Crippen LogP contribution in [0.15, 0.2) is 0 Å². The molecule has 0 bridgehead atoms. The zero-order valence-electron chi connectivity index (χ0n) is 10.5. The molecule has 1 N–H and O–H groups in total. The van der Waals surface area contributed by atoms with Gasteiger partial charge in [-0.15, -0.1) is 0 Å². The zero-order valence-corrected chi connectivity index (χ0v) is 10.5. The van der Waals surface area contributed by atoms with E-state index in [4.69, 9.17) is 5.11 Å². The maximum absolute atomic E-state index is 10.5. The molecule has 0 aromatic heterocycles. The number of carboxylic acids is 1. The molecule has 3 heteroatoms. The van der Waals surface area contributed by atoms with Gasteiger partial charge in [-0.1, -0.05) is 13.8 Å².